The molecule has 2 aliphatic heterocycles. The zero-order valence-electron chi connectivity index (χ0n) is 13.4. The molecule has 3 rings (SSSR count). The van der Waals surface area contributed by atoms with E-state index in [0.717, 1.165) is 38.3 Å². The Kier molecular flexibility index (Phi) is 4.23. The van der Waals surface area contributed by atoms with Crippen LogP contribution in [0, 0.1) is 11.8 Å². The van der Waals surface area contributed by atoms with Gasteiger partial charge in [0.15, 0.2) is 0 Å². The molecule has 3 fully saturated rings. The molecule has 0 radical (unpaired) electrons. The van der Waals surface area contributed by atoms with Crippen molar-refractivity contribution in [1.29, 1.82) is 0 Å². The van der Waals surface area contributed by atoms with E-state index in [1.165, 1.54) is 25.7 Å². The molecule has 4 heteroatoms. The molecule has 1 saturated carbocycles. The minimum absolute atomic E-state index is 0.152. The van der Waals surface area contributed by atoms with Gasteiger partial charge in [0.2, 0.25) is 11.8 Å². The molecule has 0 spiro atoms. The molecule has 3 aliphatic rings. The van der Waals surface area contributed by atoms with Gasteiger partial charge in [0.05, 0.1) is 0 Å². The number of nitrogens with zero attached hydrogens (tertiary/aromatic N) is 2. The molecule has 2 heterocycles. The molecule has 2 amide bonds. The van der Waals surface area contributed by atoms with Crippen LogP contribution < -0.4 is 0 Å². The standard InChI is InChI=1S/C17H28N2O2/c1-3-14-16(20)18-9-5-8-15(18)17(21)19(14)11-13-7-4-6-12(2)10-13/h12-15H,3-11H2,1-2H3. The van der Waals surface area contributed by atoms with Gasteiger partial charge in [0.1, 0.15) is 12.1 Å². The van der Waals surface area contributed by atoms with Crippen LogP contribution in [-0.4, -0.2) is 46.8 Å². The molecular formula is C17H28N2O2. The highest BCUT2D eigenvalue weighted by atomic mass is 16.2. The van der Waals surface area contributed by atoms with Crippen molar-refractivity contribution in [2.45, 2.75) is 70.9 Å². The number of carbonyl (C=O) groups excluding carboxylic acids is 2. The fourth-order valence-electron chi connectivity index (χ4n) is 4.57. The Morgan fingerprint density at radius 3 is 2.62 bits per heavy atom. The number of fused-ring (bicyclic) bond motifs is 1. The number of carbonyl (C=O) groups is 2. The number of hydrogen-bond donors (Lipinski definition) is 0. The molecule has 21 heavy (non-hydrogen) atoms. The fraction of sp³-hybridized carbons (Fsp3) is 0.882. The van der Waals surface area contributed by atoms with Gasteiger partial charge in [-0.15, -0.1) is 0 Å². The second kappa shape index (κ2) is 5.98. The molecule has 118 valence electrons. The van der Waals surface area contributed by atoms with E-state index in [0.29, 0.717) is 5.92 Å². The maximum Gasteiger partial charge on any atom is 0.246 e. The molecule has 0 aromatic rings. The summed E-state index contributed by atoms with van der Waals surface area (Å²) in [6.45, 7) is 5.92. The Morgan fingerprint density at radius 1 is 1.10 bits per heavy atom. The fourth-order valence-corrected chi connectivity index (χ4v) is 4.57. The average molecular weight is 292 g/mol. The van der Waals surface area contributed by atoms with Crippen molar-refractivity contribution < 1.29 is 9.59 Å². The summed E-state index contributed by atoms with van der Waals surface area (Å²) in [5.74, 6) is 1.77. The summed E-state index contributed by atoms with van der Waals surface area (Å²) in [7, 11) is 0. The predicted octanol–water partition coefficient (Wildman–Crippen LogP) is 2.42. The lowest BCUT2D eigenvalue weighted by molar-refractivity contribution is -0.160. The normalized spacial score (nSPS) is 37.0. The van der Waals surface area contributed by atoms with Gasteiger partial charge in [0.25, 0.3) is 0 Å². The van der Waals surface area contributed by atoms with E-state index >= 15 is 0 Å². The first-order valence-electron chi connectivity index (χ1n) is 8.72. The van der Waals surface area contributed by atoms with Gasteiger partial charge in [-0.3, -0.25) is 9.59 Å². The van der Waals surface area contributed by atoms with Crippen LogP contribution in [0.15, 0.2) is 0 Å². The third kappa shape index (κ3) is 2.69. The SMILES string of the molecule is CCC1C(=O)N2CCCC2C(=O)N1CC1CCCC(C)C1. The number of hydrogen-bond acceptors (Lipinski definition) is 2. The molecule has 0 aromatic heterocycles. The van der Waals surface area contributed by atoms with E-state index in [-0.39, 0.29) is 23.9 Å². The molecule has 1 aliphatic carbocycles. The van der Waals surface area contributed by atoms with E-state index in [4.69, 9.17) is 0 Å². The van der Waals surface area contributed by atoms with Crippen LogP contribution in [0.5, 0.6) is 0 Å². The first-order valence-corrected chi connectivity index (χ1v) is 8.72. The van der Waals surface area contributed by atoms with Gasteiger partial charge in [-0.2, -0.15) is 0 Å². The van der Waals surface area contributed by atoms with Crippen LogP contribution in [0.3, 0.4) is 0 Å². The summed E-state index contributed by atoms with van der Waals surface area (Å²) in [6, 6.07) is -0.356. The number of rotatable bonds is 3. The number of piperazine rings is 1. The smallest absolute Gasteiger partial charge is 0.246 e. The Hall–Kier alpha value is -1.06. The third-order valence-corrected chi connectivity index (χ3v) is 5.65. The second-order valence-electron chi connectivity index (χ2n) is 7.24. The first-order chi connectivity index (χ1) is 10.1. The van der Waals surface area contributed by atoms with Crippen LogP contribution >= 0.6 is 0 Å². The lowest BCUT2D eigenvalue weighted by atomic mass is 9.81. The van der Waals surface area contributed by atoms with Crippen molar-refractivity contribution in [2.24, 2.45) is 11.8 Å². The van der Waals surface area contributed by atoms with Gasteiger partial charge >= 0.3 is 0 Å². The molecule has 4 atom stereocenters. The van der Waals surface area contributed by atoms with Gasteiger partial charge < -0.3 is 9.80 Å². The van der Waals surface area contributed by atoms with E-state index in [2.05, 4.69) is 6.92 Å². The highest BCUT2D eigenvalue weighted by Crippen LogP contribution is 2.33. The highest BCUT2D eigenvalue weighted by Gasteiger charge is 2.47. The second-order valence-corrected chi connectivity index (χ2v) is 7.24. The van der Waals surface area contributed by atoms with Crippen molar-refractivity contribution >= 4 is 11.8 Å². The first kappa shape index (κ1) is 14.9. The third-order valence-electron chi connectivity index (χ3n) is 5.65. The largest absolute Gasteiger partial charge is 0.329 e. The lowest BCUT2D eigenvalue weighted by Crippen LogP contribution is -2.63. The average Bonchev–Trinajstić information content (AvgIpc) is 2.95. The quantitative estimate of drug-likeness (QED) is 0.801. The summed E-state index contributed by atoms with van der Waals surface area (Å²) < 4.78 is 0. The van der Waals surface area contributed by atoms with Crippen molar-refractivity contribution in [3.8, 4) is 0 Å². The van der Waals surface area contributed by atoms with Crippen molar-refractivity contribution in [1.82, 2.24) is 9.80 Å². The predicted molar refractivity (Wildman–Crippen MR) is 81.6 cm³/mol. The molecular weight excluding hydrogens is 264 g/mol. The molecule has 0 bridgehead atoms. The zero-order chi connectivity index (χ0) is 15.0. The molecule has 0 N–H and O–H groups in total. The Morgan fingerprint density at radius 2 is 1.90 bits per heavy atom. The van der Waals surface area contributed by atoms with Gasteiger partial charge in [-0.25, -0.2) is 0 Å². The van der Waals surface area contributed by atoms with Crippen molar-refractivity contribution in [3.05, 3.63) is 0 Å². The summed E-state index contributed by atoms with van der Waals surface area (Å²) in [5, 5.41) is 0. The van der Waals surface area contributed by atoms with Crippen LogP contribution in [0.4, 0.5) is 0 Å². The minimum Gasteiger partial charge on any atom is -0.329 e. The van der Waals surface area contributed by atoms with Crippen molar-refractivity contribution in [3.63, 3.8) is 0 Å². The van der Waals surface area contributed by atoms with Crippen molar-refractivity contribution in [2.75, 3.05) is 13.1 Å². The summed E-state index contributed by atoms with van der Waals surface area (Å²) >= 11 is 0. The van der Waals surface area contributed by atoms with E-state index in [9.17, 15) is 9.59 Å². The Labute approximate surface area is 127 Å². The van der Waals surface area contributed by atoms with Crippen LogP contribution in [0.25, 0.3) is 0 Å². The zero-order valence-corrected chi connectivity index (χ0v) is 13.4. The minimum atomic E-state index is -0.205. The maximum atomic E-state index is 12.8. The van der Waals surface area contributed by atoms with E-state index in [1.54, 1.807) is 0 Å². The Balaban J connectivity index is 1.75. The molecule has 2 saturated heterocycles. The Bertz CT molecular complexity index is 423. The van der Waals surface area contributed by atoms with Crippen LogP contribution in [0.1, 0.15) is 58.8 Å². The summed E-state index contributed by atoms with van der Waals surface area (Å²) in [5.41, 5.74) is 0. The molecule has 4 unspecified atom stereocenters. The van der Waals surface area contributed by atoms with Crippen LogP contribution in [0.2, 0.25) is 0 Å². The monoisotopic (exact) mass is 292 g/mol. The van der Waals surface area contributed by atoms with Gasteiger partial charge in [-0.05, 0) is 43.9 Å². The van der Waals surface area contributed by atoms with Gasteiger partial charge in [-0.1, -0.05) is 26.7 Å². The van der Waals surface area contributed by atoms with Crippen LogP contribution in [-0.2, 0) is 9.59 Å². The summed E-state index contributed by atoms with van der Waals surface area (Å²) in [4.78, 5) is 29.2. The maximum absolute atomic E-state index is 12.8. The summed E-state index contributed by atoms with van der Waals surface area (Å²) in [6.07, 6.45) is 7.60. The van der Waals surface area contributed by atoms with E-state index < -0.39 is 0 Å². The number of amides is 2. The highest BCUT2D eigenvalue weighted by molar-refractivity contribution is 5.97. The lowest BCUT2D eigenvalue weighted by Gasteiger charge is -2.44. The molecule has 0 aromatic carbocycles. The van der Waals surface area contributed by atoms with Gasteiger partial charge in [0, 0.05) is 13.1 Å². The molecule has 4 nitrogen and oxygen atoms in total. The van der Waals surface area contributed by atoms with E-state index in [1.807, 2.05) is 16.7 Å². The topological polar surface area (TPSA) is 40.6 Å².